The minimum absolute atomic E-state index is 0.147. The van der Waals surface area contributed by atoms with Crippen LogP contribution in [-0.4, -0.2) is 87.1 Å². The van der Waals surface area contributed by atoms with Gasteiger partial charge in [-0.05, 0) is 43.0 Å². The second-order valence-corrected chi connectivity index (χ2v) is 10.0. The minimum atomic E-state index is 0.147. The number of aromatic nitrogens is 5. The third-order valence-corrected chi connectivity index (χ3v) is 7.19. The Hall–Kier alpha value is -3.46. The summed E-state index contributed by atoms with van der Waals surface area (Å²) in [4.78, 5) is 31.5. The van der Waals surface area contributed by atoms with Gasteiger partial charge >= 0.3 is 0 Å². The van der Waals surface area contributed by atoms with E-state index in [1.54, 1.807) is 11.2 Å². The summed E-state index contributed by atoms with van der Waals surface area (Å²) in [5, 5.41) is 4.39. The van der Waals surface area contributed by atoms with E-state index in [1.165, 1.54) is 11.1 Å². The summed E-state index contributed by atoms with van der Waals surface area (Å²) in [6.07, 6.45) is 3.67. The Balaban J connectivity index is 1.49. The number of carbonyl (C=O) groups is 1. The zero-order valence-electron chi connectivity index (χ0n) is 21.5. The summed E-state index contributed by atoms with van der Waals surface area (Å²) < 4.78 is 1.85. The van der Waals surface area contributed by atoms with Crippen molar-refractivity contribution in [3.05, 3.63) is 41.3 Å². The molecule has 5 rings (SSSR count). The number of anilines is 1. The Morgan fingerprint density at radius 1 is 1.11 bits per heavy atom. The first-order valence-electron chi connectivity index (χ1n) is 12.2. The van der Waals surface area contributed by atoms with Gasteiger partial charge < -0.3 is 14.8 Å². The molecule has 1 aliphatic heterocycles. The monoisotopic (exact) mass is 474 g/mol. The van der Waals surface area contributed by atoms with Crippen molar-refractivity contribution in [2.24, 2.45) is 0 Å². The number of hydrogen-bond donors (Lipinski definition) is 1. The number of piperazine rings is 1. The number of nitrogens with one attached hydrogen (secondary N) is 1. The van der Waals surface area contributed by atoms with Gasteiger partial charge in [0.1, 0.15) is 12.1 Å². The van der Waals surface area contributed by atoms with Crippen molar-refractivity contribution in [3.63, 3.8) is 0 Å². The summed E-state index contributed by atoms with van der Waals surface area (Å²) in [6.45, 7) is 12.6. The number of aromatic amines is 1. The third-order valence-electron chi connectivity index (χ3n) is 7.19. The SMILES string of the molecule is Cc1c(-c2[nH]c3ccc(N4CCN(CC(=O)N(C)C)CC4)nc3c2C(C)C)cn2ncnc2c1C. The van der Waals surface area contributed by atoms with Crippen LogP contribution < -0.4 is 4.90 Å². The van der Waals surface area contributed by atoms with Crippen LogP contribution in [0, 0.1) is 13.8 Å². The second kappa shape index (κ2) is 8.96. The van der Waals surface area contributed by atoms with Crippen LogP contribution in [0.15, 0.2) is 24.7 Å². The fourth-order valence-electron chi connectivity index (χ4n) is 4.95. The van der Waals surface area contributed by atoms with E-state index in [4.69, 9.17) is 4.98 Å². The maximum atomic E-state index is 12.1. The predicted molar refractivity (Wildman–Crippen MR) is 139 cm³/mol. The fraction of sp³-hybridized carbons (Fsp3) is 0.462. The van der Waals surface area contributed by atoms with Gasteiger partial charge in [0.25, 0.3) is 0 Å². The largest absolute Gasteiger partial charge is 0.354 e. The molecule has 35 heavy (non-hydrogen) atoms. The number of nitrogens with zero attached hydrogens (tertiary/aromatic N) is 7. The highest BCUT2D eigenvalue weighted by atomic mass is 16.2. The van der Waals surface area contributed by atoms with E-state index in [0.29, 0.717) is 12.5 Å². The smallest absolute Gasteiger partial charge is 0.236 e. The molecule has 1 fully saturated rings. The third kappa shape index (κ3) is 4.14. The minimum Gasteiger partial charge on any atom is -0.354 e. The van der Waals surface area contributed by atoms with Gasteiger partial charge in [-0.3, -0.25) is 9.69 Å². The molecule has 0 aromatic carbocycles. The van der Waals surface area contributed by atoms with Crippen molar-refractivity contribution in [1.29, 1.82) is 0 Å². The molecular weight excluding hydrogens is 440 g/mol. The van der Waals surface area contributed by atoms with Crippen molar-refractivity contribution in [2.75, 3.05) is 51.7 Å². The summed E-state index contributed by atoms with van der Waals surface area (Å²) in [7, 11) is 3.62. The van der Waals surface area contributed by atoms with Crippen LogP contribution in [0.25, 0.3) is 27.9 Å². The first-order valence-corrected chi connectivity index (χ1v) is 12.2. The van der Waals surface area contributed by atoms with Gasteiger partial charge in [-0.1, -0.05) is 13.8 Å². The molecule has 0 saturated carbocycles. The number of likely N-dealkylation sites (N-methyl/N-ethyl adjacent to an activating group) is 1. The molecule has 0 unspecified atom stereocenters. The number of aryl methyl sites for hydroxylation is 1. The molecule has 0 aliphatic carbocycles. The zero-order valence-corrected chi connectivity index (χ0v) is 21.5. The van der Waals surface area contributed by atoms with Crippen LogP contribution in [0.3, 0.4) is 0 Å². The van der Waals surface area contributed by atoms with Crippen LogP contribution in [0.2, 0.25) is 0 Å². The molecule has 1 aliphatic rings. The molecular formula is C26H34N8O. The van der Waals surface area contributed by atoms with Crippen LogP contribution in [0.1, 0.15) is 36.5 Å². The molecule has 0 radical (unpaired) electrons. The van der Waals surface area contributed by atoms with E-state index >= 15 is 0 Å². The fourth-order valence-corrected chi connectivity index (χ4v) is 4.95. The van der Waals surface area contributed by atoms with Crippen molar-refractivity contribution >= 4 is 28.4 Å². The number of carbonyl (C=O) groups excluding carboxylic acids is 1. The van der Waals surface area contributed by atoms with Crippen molar-refractivity contribution < 1.29 is 4.79 Å². The molecule has 5 heterocycles. The van der Waals surface area contributed by atoms with E-state index in [0.717, 1.165) is 65.5 Å². The van der Waals surface area contributed by atoms with Gasteiger partial charge in [-0.25, -0.2) is 14.5 Å². The lowest BCUT2D eigenvalue weighted by molar-refractivity contribution is -0.129. The van der Waals surface area contributed by atoms with Crippen LogP contribution in [0.5, 0.6) is 0 Å². The highest BCUT2D eigenvalue weighted by Crippen LogP contribution is 2.37. The Morgan fingerprint density at radius 3 is 2.54 bits per heavy atom. The first-order chi connectivity index (χ1) is 16.7. The lowest BCUT2D eigenvalue weighted by Gasteiger charge is -2.35. The lowest BCUT2D eigenvalue weighted by atomic mass is 9.95. The summed E-state index contributed by atoms with van der Waals surface area (Å²) >= 11 is 0. The Morgan fingerprint density at radius 2 is 1.86 bits per heavy atom. The quantitative estimate of drug-likeness (QED) is 0.478. The number of fused-ring (bicyclic) bond motifs is 2. The van der Waals surface area contributed by atoms with Gasteiger partial charge in [0.15, 0.2) is 5.65 Å². The average molecular weight is 475 g/mol. The molecule has 1 amide bonds. The van der Waals surface area contributed by atoms with E-state index < -0.39 is 0 Å². The van der Waals surface area contributed by atoms with E-state index in [1.807, 2.05) is 18.6 Å². The summed E-state index contributed by atoms with van der Waals surface area (Å²) in [5.74, 6) is 1.43. The number of amides is 1. The maximum Gasteiger partial charge on any atom is 0.236 e. The molecule has 0 atom stereocenters. The first kappa shape index (κ1) is 23.3. The van der Waals surface area contributed by atoms with E-state index in [-0.39, 0.29) is 5.91 Å². The van der Waals surface area contributed by atoms with E-state index in [2.05, 4.69) is 70.9 Å². The highest BCUT2D eigenvalue weighted by Gasteiger charge is 2.24. The maximum absolute atomic E-state index is 12.1. The number of hydrogen-bond acceptors (Lipinski definition) is 6. The van der Waals surface area contributed by atoms with Crippen molar-refractivity contribution in [2.45, 2.75) is 33.6 Å². The Kier molecular flexibility index (Phi) is 5.96. The van der Waals surface area contributed by atoms with Crippen LogP contribution >= 0.6 is 0 Å². The molecule has 4 aromatic heterocycles. The van der Waals surface area contributed by atoms with Crippen LogP contribution in [-0.2, 0) is 4.79 Å². The topological polar surface area (TPSA) is 85.7 Å². The van der Waals surface area contributed by atoms with E-state index in [9.17, 15) is 4.79 Å². The zero-order chi connectivity index (χ0) is 24.9. The second-order valence-electron chi connectivity index (χ2n) is 10.0. The average Bonchev–Trinajstić information content (AvgIpc) is 3.46. The normalized spacial score (nSPS) is 15.0. The standard InChI is InChI=1S/C26H34N8O/c1-16(2)23-24(19-13-34-26(27-15-28-34)18(4)17(19)3)29-20-7-8-21(30-25(20)23)33-11-9-32(10-12-33)14-22(35)31(5)6/h7-8,13,15-16,29H,9-12,14H2,1-6H3. The van der Waals surface area contributed by atoms with Crippen molar-refractivity contribution in [1.82, 2.24) is 34.4 Å². The Bertz CT molecular complexity index is 1390. The molecule has 1 N–H and O–H groups in total. The van der Waals surface area contributed by atoms with Gasteiger partial charge in [0.05, 0.1) is 23.3 Å². The lowest BCUT2D eigenvalue weighted by Crippen LogP contribution is -2.49. The summed E-state index contributed by atoms with van der Waals surface area (Å²) in [5.41, 5.74) is 8.73. The molecule has 4 aromatic rings. The van der Waals surface area contributed by atoms with Gasteiger partial charge in [-0.2, -0.15) is 5.10 Å². The molecule has 1 saturated heterocycles. The van der Waals surface area contributed by atoms with Gasteiger partial charge in [0, 0.05) is 57.6 Å². The Labute approximate surface area is 205 Å². The number of rotatable bonds is 5. The molecule has 9 nitrogen and oxygen atoms in total. The molecule has 0 spiro atoms. The molecule has 9 heteroatoms. The summed E-state index contributed by atoms with van der Waals surface area (Å²) in [6, 6.07) is 4.25. The molecule has 184 valence electrons. The van der Waals surface area contributed by atoms with Crippen molar-refractivity contribution in [3.8, 4) is 11.3 Å². The number of H-pyrrole nitrogens is 1. The predicted octanol–water partition coefficient (Wildman–Crippen LogP) is 3.22. The van der Waals surface area contributed by atoms with Gasteiger partial charge in [0.2, 0.25) is 5.91 Å². The van der Waals surface area contributed by atoms with Crippen LogP contribution in [0.4, 0.5) is 5.82 Å². The number of pyridine rings is 2. The van der Waals surface area contributed by atoms with Gasteiger partial charge in [-0.15, -0.1) is 0 Å². The molecule has 0 bridgehead atoms. The highest BCUT2D eigenvalue weighted by molar-refractivity contribution is 5.90.